The van der Waals surface area contributed by atoms with Crippen molar-refractivity contribution in [3.63, 3.8) is 0 Å². The number of anilines is 1. The van der Waals surface area contributed by atoms with E-state index in [2.05, 4.69) is 21.1 Å². The zero-order valence-corrected chi connectivity index (χ0v) is 14.5. The fraction of sp³-hybridized carbons (Fsp3) is 0.118. The number of hydrogen-bond acceptors (Lipinski definition) is 4. The van der Waals surface area contributed by atoms with Crippen molar-refractivity contribution in [3.8, 4) is 0 Å². The minimum atomic E-state index is -0.938. The van der Waals surface area contributed by atoms with Crippen LogP contribution in [0.25, 0.3) is 0 Å². The number of hydrogen-bond donors (Lipinski definition) is 0. The van der Waals surface area contributed by atoms with Crippen molar-refractivity contribution in [1.82, 2.24) is 0 Å². The summed E-state index contributed by atoms with van der Waals surface area (Å²) in [5.74, 6) is -1.55. The molecule has 0 saturated carbocycles. The normalized spacial score (nSPS) is 22.4. The number of benzene rings is 2. The number of carbonyl (C=O) groups excluding carboxylic acids is 2. The van der Waals surface area contributed by atoms with E-state index in [-0.39, 0.29) is 5.91 Å². The second kappa shape index (κ2) is 5.72. The van der Waals surface area contributed by atoms with Gasteiger partial charge in [0.1, 0.15) is 11.6 Å². The predicted molar refractivity (Wildman–Crippen MR) is 93.0 cm³/mol. The molecule has 4 rings (SSSR count). The molecule has 2 aliphatic rings. The van der Waals surface area contributed by atoms with Crippen LogP contribution in [-0.2, 0) is 14.4 Å². The van der Waals surface area contributed by atoms with Crippen molar-refractivity contribution < 1.29 is 14.4 Å². The molecule has 0 spiro atoms. The van der Waals surface area contributed by atoms with Crippen LogP contribution in [0.1, 0.15) is 5.56 Å². The van der Waals surface area contributed by atoms with E-state index in [9.17, 15) is 9.59 Å². The number of halogens is 2. The molecule has 0 unspecified atom stereocenters. The molecule has 2 atom stereocenters. The number of fused-ring (bicyclic) bond motifs is 1. The van der Waals surface area contributed by atoms with Gasteiger partial charge in [-0.1, -0.05) is 50.9 Å². The van der Waals surface area contributed by atoms with Crippen molar-refractivity contribution in [1.29, 1.82) is 0 Å². The van der Waals surface area contributed by atoms with Gasteiger partial charge in [0, 0.05) is 15.1 Å². The van der Waals surface area contributed by atoms with Gasteiger partial charge in [0.25, 0.3) is 5.91 Å². The Balaban J connectivity index is 1.73. The van der Waals surface area contributed by atoms with Crippen LogP contribution in [-0.4, -0.2) is 23.6 Å². The Morgan fingerprint density at radius 3 is 2.46 bits per heavy atom. The number of nitrogens with zero attached hydrogens (tertiary/aromatic N) is 2. The van der Waals surface area contributed by atoms with Crippen molar-refractivity contribution in [3.05, 3.63) is 63.6 Å². The second-order valence-electron chi connectivity index (χ2n) is 5.45. The van der Waals surface area contributed by atoms with E-state index in [1.807, 2.05) is 0 Å². The molecule has 5 nitrogen and oxygen atoms in total. The second-order valence-corrected chi connectivity index (χ2v) is 6.77. The van der Waals surface area contributed by atoms with Crippen LogP contribution in [0.4, 0.5) is 5.69 Å². The molecule has 2 amide bonds. The van der Waals surface area contributed by atoms with Gasteiger partial charge >= 0.3 is 0 Å². The molecule has 0 radical (unpaired) electrons. The van der Waals surface area contributed by atoms with Crippen molar-refractivity contribution >= 4 is 50.7 Å². The van der Waals surface area contributed by atoms with Gasteiger partial charge in [-0.2, -0.15) is 0 Å². The summed E-state index contributed by atoms with van der Waals surface area (Å²) in [5, 5.41) is 4.41. The summed E-state index contributed by atoms with van der Waals surface area (Å²) >= 11 is 9.53. The summed E-state index contributed by atoms with van der Waals surface area (Å²) in [6.45, 7) is 0. The standard InChI is InChI=1S/C17H10BrClN2O3/c18-9-5-7-10(8-6-9)21-16(22)13-14(20-24-15(13)17(21)23)11-3-1-2-4-12(11)19/h1-8,13,15H/t13-,15-/m0/s1. The fourth-order valence-corrected chi connectivity index (χ4v) is 3.41. The van der Waals surface area contributed by atoms with E-state index in [1.54, 1.807) is 48.5 Å². The van der Waals surface area contributed by atoms with Crippen LogP contribution in [0.15, 0.2) is 58.2 Å². The lowest BCUT2D eigenvalue weighted by Crippen LogP contribution is -2.33. The third-order valence-electron chi connectivity index (χ3n) is 4.05. The number of rotatable bonds is 2. The molecule has 0 N–H and O–H groups in total. The van der Waals surface area contributed by atoms with Gasteiger partial charge in [-0.15, -0.1) is 0 Å². The Bertz CT molecular complexity index is 882. The van der Waals surface area contributed by atoms with Gasteiger partial charge in [0.15, 0.2) is 0 Å². The number of imide groups is 1. The van der Waals surface area contributed by atoms with E-state index >= 15 is 0 Å². The van der Waals surface area contributed by atoms with Crippen LogP contribution in [0, 0.1) is 5.92 Å². The Morgan fingerprint density at radius 1 is 1.04 bits per heavy atom. The fourth-order valence-electron chi connectivity index (χ4n) is 2.91. The molecule has 2 aliphatic heterocycles. The van der Waals surface area contributed by atoms with Crippen LogP contribution in [0.5, 0.6) is 0 Å². The molecule has 120 valence electrons. The Morgan fingerprint density at radius 2 is 1.75 bits per heavy atom. The summed E-state index contributed by atoms with van der Waals surface area (Å²) in [7, 11) is 0. The molecule has 2 aromatic rings. The van der Waals surface area contributed by atoms with E-state index in [0.29, 0.717) is 22.0 Å². The minimum Gasteiger partial charge on any atom is -0.381 e. The number of amides is 2. The predicted octanol–water partition coefficient (Wildman–Crippen LogP) is 3.40. The molecule has 1 saturated heterocycles. The van der Waals surface area contributed by atoms with E-state index in [4.69, 9.17) is 16.4 Å². The Hall–Kier alpha value is -2.18. The van der Waals surface area contributed by atoms with Gasteiger partial charge < -0.3 is 4.84 Å². The molecule has 7 heteroatoms. The summed E-state index contributed by atoms with van der Waals surface area (Å²) in [6.07, 6.45) is -0.938. The first-order chi connectivity index (χ1) is 11.6. The Kier molecular flexibility index (Phi) is 3.66. The van der Waals surface area contributed by atoms with E-state index < -0.39 is 17.9 Å². The molecular weight excluding hydrogens is 396 g/mol. The highest BCUT2D eigenvalue weighted by Crippen LogP contribution is 2.36. The molecule has 0 aromatic heterocycles. The molecule has 24 heavy (non-hydrogen) atoms. The quantitative estimate of drug-likeness (QED) is 0.720. The third-order valence-corrected chi connectivity index (χ3v) is 4.91. The zero-order chi connectivity index (χ0) is 16.8. The minimum absolute atomic E-state index is 0.358. The van der Waals surface area contributed by atoms with Crippen LogP contribution < -0.4 is 4.90 Å². The maximum Gasteiger partial charge on any atom is 0.278 e. The van der Waals surface area contributed by atoms with Crippen molar-refractivity contribution in [2.75, 3.05) is 4.90 Å². The van der Waals surface area contributed by atoms with Gasteiger partial charge in [-0.05, 0) is 30.3 Å². The summed E-state index contributed by atoms with van der Waals surface area (Å²) < 4.78 is 0.861. The smallest absolute Gasteiger partial charge is 0.278 e. The topological polar surface area (TPSA) is 59.0 Å². The molecule has 2 heterocycles. The average Bonchev–Trinajstić information content (AvgIpc) is 3.10. The molecular formula is C17H10BrClN2O3. The molecule has 0 aliphatic carbocycles. The first-order valence-electron chi connectivity index (χ1n) is 7.20. The van der Waals surface area contributed by atoms with Gasteiger partial charge in [-0.25, -0.2) is 4.90 Å². The van der Waals surface area contributed by atoms with Gasteiger partial charge in [0.05, 0.1) is 5.69 Å². The average molecular weight is 406 g/mol. The van der Waals surface area contributed by atoms with Crippen LogP contribution in [0.3, 0.4) is 0 Å². The van der Waals surface area contributed by atoms with Crippen LogP contribution >= 0.6 is 27.5 Å². The number of carbonyl (C=O) groups is 2. The first kappa shape index (κ1) is 15.4. The lowest BCUT2D eigenvalue weighted by molar-refractivity contribution is -0.126. The van der Waals surface area contributed by atoms with Crippen LogP contribution in [0.2, 0.25) is 5.02 Å². The highest BCUT2D eigenvalue weighted by molar-refractivity contribution is 9.10. The maximum atomic E-state index is 12.9. The van der Waals surface area contributed by atoms with Crippen molar-refractivity contribution in [2.45, 2.75) is 6.10 Å². The largest absolute Gasteiger partial charge is 0.381 e. The van der Waals surface area contributed by atoms with Crippen molar-refractivity contribution in [2.24, 2.45) is 11.1 Å². The molecule has 2 aromatic carbocycles. The highest BCUT2D eigenvalue weighted by atomic mass is 79.9. The third kappa shape index (κ3) is 2.25. The highest BCUT2D eigenvalue weighted by Gasteiger charge is 2.56. The molecule has 0 bridgehead atoms. The lowest BCUT2D eigenvalue weighted by Gasteiger charge is -2.15. The van der Waals surface area contributed by atoms with Gasteiger partial charge in [-0.3, -0.25) is 9.59 Å². The first-order valence-corrected chi connectivity index (χ1v) is 8.37. The zero-order valence-electron chi connectivity index (χ0n) is 12.1. The monoisotopic (exact) mass is 404 g/mol. The molecule has 1 fully saturated rings. The summed E-state index contributed by atoms with van der Waals surface area (Å²) in [5.41, 5.74) is 1.50. The van der Waals surface area contributed by atoms with E-state index in [0.717, 1.165) is 9.37 Å². The number of oxime groups is 1. The SMILES string of the molecule is O=C1[C@H]2C(c3ccccc3Cl)=NO[C@@H]2C(=O)N1c1ccc(Br)cc1. The maximum absolute atomic E-state index is 12.9. The van der Waals surface area contributed by atoms with E-state index in [1.165, 1.54) is 0 Å². The Labute approximate surface area is 151 Å². The summed E-state index contributed by atoms with van der Waals surface area (Å²) in [4.78, 5) is 31.9. The van der Waals surface area contributed by atoms with Gasteiger partial charge in [0.2, 0.25) is 12.0 Å². The summed E-state index contributed by atoms with van der Waals surface area (Å²) in [6, 6.07) is 14.0. The lowest BCUT2D eigenvalue weighted by atomic mass is 9.94.